The van der Waals surface area contributed by atoms with Crippen molar-refractivity contribution in [3.05, 3.63) is 39.6 Å². The molecular formula is C11H9BrFN3O2S. The lowest BCUT2D eigenvalue weighted by Crippen LogP contribution is -2.20. The lowest BCUT2D eigenvalue weighted by molar-refractivity contribution is -0.138. The number of nitrogens with one attached hydrogen (secondary N) is 1. The number of hydrogen-bond acceptors (Lipinski definition) is 5. The molecule has 1 atom stereocenters. The summed E-state index contributed by atoms with van der Waals surface area (Å²) in [6, 6.07) is 3.28. The Balaban J connectivity index is 2.15. The zero-order chi connectivity index (χ0) is 14.0. The van der Waals surface area contributed by atoms with Crippen LogP contribution in [0.15, 0.2) is 28.1 Å². The molecule has 0 amide bonds. The first-order valence-electron chi connectivity index (χ1n) is 5.13. The van der Waals surface area contributed by atoms with E-state index >= 15 is 0 Å². The predicted molar refractivity (Wildman–Crippen MR) is 74.1 cm³/mol. The molecule has 1 unspecified atom stereocenters. The lowest BCUT2D eigenvalue weighted by atomic mass is 10.2. The predicted octanol–water partition coefficient (Wildman–Crippen LogP) is 2.87. The summed E-state index contributed by atoms with van der Waals surface area (Å²) < 4.78 is 13.4. The molecule has 0 radical (unpaired) electrons. The van der Waals surface area contributed by atoms with Crippen molar-refractivity contribution in [2.75, 3.05) is 5.32 Å². The molecule has 4 N–H and O–H groups in total. The summed E-state index contributed by atoms with van der Waals surface area (Å²) in [7, 11) is 0. The number of rotatable bonds is 4. The Kier molecular flexibility index (Phi) is 4.13. The molecule has 19 heavy (non-hydrogen) atoms. The number of nitrogens with two attached hydrogens (primary N) is 1. The van der Waals surface area contributed by atoms with Gasteiger partial charge < -0.3 is 16.2 Å². The van der Waals surface area contributed by atoms with E-state index in [-0.39, 0.29) is 11.5 Å². The largest absolute Gasteiger partial charge is 0.480 e. The molecule has 0 spiro atoms. The number of thiazole rings is 1. The van der Waals surface area contributed by atoms with Crippen LogP contribution in [0.2, 0.25) is 0 Å². The number of aliphatic carboxylic acids is 1. The second-order valence-corrected chi connectivity index (χ2v) is 5.36. The van der Waals surface area contributed by atoms with E-state index in [1.165, 1.54) is 17.4 Å². The van der Waals surface area contributed by atoms with Gasteiger partial charge in [0.2, 0.25) is 0 Å². The molecule has 0 aliphatic rings. The molecule has 1 aromatic carbocycles. The van der Waals surface area contributed by atoms with Crippen molar-refractivity contribution in [3.8, 4) is 0 Å². The SMILES string of the molecule is NC(C(=O)O)c1csc(Nc2ccc(F)c(Br)c2)n1. The number of anilines is 2. The van der Waals surface area contributed by atoms with Crippen LogP contribution in [-0.2, 0) is 4.79 Å². The van der Waals surface area contributed by atoms with E-state index < -0.39 is 12.0 Å². The van der Waals surface area contributed by atoms with Gasteiger partial charge in [-0.3, -0.25) is 4.79 Å². The Hall–Kier alpha value is -1.51. The van der Waals surface area contributed by atoms with Gasteiger partial charge in [-0.25, -0.2) is 9.37 Å². The minimum atomic E-state index is -1.15. The zero-order valence-electron chi connectivity index (χ0n) is 9.43. The van der Waals surface area contributed by atoms with Gasteiger partial charge in [-0.15, -0.1) is 11.3 Å². The lowest BCUT2D eigenvalue weighted by Gasteiger charge is -2.04. The van der Waals surface area contributed by atoms with Crippen LogP contribution >= 0.6 is 27.3 Å². The third-order valence-corrected chi connectivity index (χ3v) is 3.66. The van der Waals surface area contributed by atoms with Gasteiger partial charge in [-0.1, -0.05) is 0 Å². The van der Waals surface area contributed by atoms with Crippen LogP contribution in [0.4, 0.5) is 15.2 Å². The van der Waals surface area contributed by atoms with Crippen LogP contribution in [0.1, 0.15) is 11.7 Å². The van der Waals surface area contributed by atoms with E-state index in [4.69, 9.17) is 10.8 Å². The van der Waals surface area contributed by atoms with Crippen molar-refractivity contribution in [1.29, 1.82) is 0 Å². The van der Waals surface area contributed by atoms with Gasteiger partial charge in [0.15, 0.2) is 5.13 Å². The quantitative estimate of drug-likeness (QED) is 0.792. The van der Waals surface area contributed by atoms with Crippen LogP contribution in [0.25, 0.3) is 0 Å². The summed E-state index contributed by atoms with van der Waals surface area (Å²) in [4.78, 5) is 14.8. The highest BCUT2D eigenvalue weighted by molar-refractivity contribution is 9.10. The van der Waals surface area contributed by atoms with Crippen molar-refractivity contribution in [2.45, 2.75) is 6.04 Å². The summed E-state index contributed by atoms with van der Waals surface area (Å²) in [5.74, 6) is -1.50. The highest BCUT2D eigenvalue weighted by Gasteiger charge is 2.17. The Morgan fingerprint density at radius 3 is 2.95 bits per heavy atom. The Morgan fingerprint density at radius 2 is 2.32 bits per heavy atom. The van der Waals surface area contributed by atoms with Crippen molar-refractivity contribution in [1.82, 2.24) is 4.98 Å². The number of benzene rings is 1. The minimum Gasteiger partial charge on any atom is -0.480 e. The van der Waals surface area contributed by atoms with E-state index in [0.29, 0.717) is 15.3 Å². The summed E-state index contributed by atoms with van der Waals surface area (Å²) in [6.07, 6.45) is 0. The summed E-state index contributed by atoms with van der Waals surface area (Å²) in [5, 5.41) is 13.8. The number of carboxylic acids is 1. The number of nitrogens with zero attached hydrogens (tertiary/aromatic N) is 1. The summed E-state index contributed by atoms with van der Waals surface area (Å²) in [6.45, 7) is 0. The molecule has 0 bridgehead atoms. The molecule has 1 heterocycles. The number of aromatic nitrogens is 1. The average molecular weight is 346 g/mol. The van der Waals surface area contributed by atoms with Crippen molar-refractivity contribution in [3.63, 3.8) is 0 Å². The minimum absolute atomic E-state index is 0.279. The van der Waals surface area contributed by atoms with Crippen molar-refractivity contribution in [2.24, 2.45) is 5.73 Å². The molecule has 2 rings (SSSR count). The van der Waals surface area contributed by atoms with Gasteiger partial charge in [0.25, 0.3) is 0 Å². The number of hydrogen-bond donors (Lipinski definition) is 3. The maximum absolute atomic E-state index is 13.1. The van der Waals surface area contributed by atoms with Gasteiger partial charge in [0, 0.05) is 11.1 Å². The van der Waals surface area contributed by atoms with Crippen LogP contribution in [-0.4, -0.2) is 16.1 Å². The molecule has 2 aromatic rings. The van der Waals surface area contributed by atoms with Gasteiger partial charge in [0.05, 0.1) is 10.2 Å². The fraction of sp³-hybridized carbons (Fsp3) is 0.0909. The first-order chi connectivity index (χ1) is 8.97. The van der Waals surface area contributed by atoms with Crippen LogP contribution in [0.5, 0.6) is 0 Å². The number of halogens is 2. The van der Waals surface area contributed by atoms with Crippen LogP contribution in [0.3, 0.4) is 0 Å². The van der Waals surface area contributed by atoms with E-state index in [9.17, 15) is 9.18 Å². The zero-order valence-corrected chi connectivity index (χ0v) is 11.8. The van der Waals surface area contributed by atoms with Crippen molar-refractivity contribution < 1.29 is 14.3 Å². The second kappa shape index (κ2) is 5.64. The number of carbonyl (C=O) groups is 1. The molecule has 0 saturated heterocycles. The Labute approximate surface area is 120 Å². The Morgan fingerprint density at radius 1 is 1.58 bits per heavy atom. The van der Waals surface area contributed by atoms with Crippen LogP contribution < -0.4 is 11.1 Å². The van der Waals surface area contributed by atoms with Crippen LogP contribution in [0, 0.1) is 5.82 Å². The van der Waals surface area contributed by atoms with Gasteiger partial charge >= 0.3 is 5.97 Å². The molecule has 8 heteroatoms. The monoisotopic (exact) mass is 345 g/mol. The van der Waals surface area contributed by atoms with E-state index in [2.05, 4.69) is 26.2 Å². The standard InChI is InChI=1S/C11H9BrFN3O2S/c12-6-3-5(1-2-7(6)13)15-11-16-8(4-19-11)9(14)10(17)18/h1-4,9H,14H2,(H,15,16)(H,17,18). The van der Waals surface area contributed by atoms with Crippen molar-refractivity contribution >= 4 is 44.1 Å². The molecule has 100 valence electrons. The van der Waals surface area contributed by atoms with Gasteiger partial charge in [-0.05, 0) is 34.1 Å². The van der Waals surface area contributed by atoms with E-state index in [0.717, 1.165) is 0 Å². The summed E-state index contributed by atoms with van der Waals surface area (Å²) >= 11 is 4.30. The first kappa shape index (κ1) is 13.9. The van der Waals surface area contributed by atoms with E-state index in [1.54, 1.807) is 17.5 Å². The molecule has 1 aromatic heterocycles. The molecular weight excluding hydrogens is 337 g/mol. The summed E-state index contributed by atoms with van der Waals surface area (Å²) in [5.41, 5.74) is 6.36. The van der Waals surface area contributed by atoms with Gasteiger partial charge in [0.1, 0.15) is 11.9 Å². The number of carboxylic acid groups (broad SMARTS) is 1. The fourth-order valence-electron chi connectivity index (χ4n) is 1.31. The molecule has 0 saturated carbocycles. The van der Waals surface area contributed by atoms with E-state index in [1.807, 2.05) is 0 Å². The molecule has 0 aliphatic heterocycles. The second-order valence-electron chi connectivity index (χ2n) is 3.65. The average Bonchev–Trinajstić information content (AvgIpc) is 2.81. The third kappa shape index (κ3) is 3.28. The first-order valence-corrected chi connectivity index (χ1v) is 6.80. The maximum atomic E-state index is 13.1. The third-order valence-electron chi connectivity index (χ3n) is 2.28. The molecule has 0 fully saturated rings. The Bertz CT molecular complexity index is 620. The highest BCUT2D eigenvalue weighted by Crippen LogP contribution is 2.26. The molecule has 0 aliphatic carbocycles. The fourth-order valence-corrected chi connectivity index (χ4v) is 2.46. The van der Waals surface area contributed by atoms with Gasteiger partial charge in [-0.2, -0.15) is 0 Å². The molecule has 5 nitrogen and oxygen atoms in total. The topological polar surface area (TPSA) is 88.2 Å². The smallest absolute Gasteiger partial charge is 0.326 e. The highest BCUT2D eigenvalue weighted by atomic mass is 79.9. The normalized spacial score (nSPS) is 12.2. The maximum Gasteiger partial charge on any atom is 0.326 e.